The van der Waals surface area contributed by atoms with Gasteiger partial charge in [-0.1, -0.05) is 41.9 Å². The number of halogens is 4. The van der Waals surface area contributed by atoms with Crippen LogP contribution in [0.15, 0.2) is 66.7 Å². The Morgan fingerprint density at radius 1 is 1.06 bits per heavy atom. The molecule has 1 amide bonds. The van der Waals surface area contributed by atoms with Crippen LogP contribution < -0.4 is 5.32 Å². The zero-order valence-electron chi connectivity index (χ0n) is 15.8. The third-order valence-electron chi connectivity index (χ3n) is 4.48. The van der Waals surface area contributed by atoms with Gasteiger partial charge in [-0.05, 0) is 42.0 Å². The summed E-state index contributed by atoms with van der Waals surface area (Å²) in [6, 6.07) is 18.0. The molecule has 0 bridgehead atoms. The Balaban J connectivity index is 1.43. The van der Waals surface area contributed by atoms with E-state index >= 15 is 0 Å². The monoisotopic (exact) mass is 445 g/mol. The normalized spacial score (nSPS) is 11.5. The van der Waals surface area contributed by atoms with Crippen LogP contribution in [-0.4, -0.2) is 16.1 Å². The highest BCUT2D eigenvalue weighted by atomic mass is 35.5. The lowest BCUT2D eigenvalue weighted by atomic mass is 10.1. The summed E-state index contributed by atoms with van der Waals surface area (Å²) >= 11 is 5.58. The summed E-state index contributed by atoms with van der Waals surface area (Å²) in [5.41, 5.74) is 2.13. The van der Waals surface area contributed by atoms with Gasteiger partial charge in [-0.15, -0.1) is 0 Å². The Bertz CT molecular complexity index is 1220. The number of hydrogen-bond acceptors (Lipinski definition) is 3. The van der Waals surface area contributed by atoms with Gasteiger partial charge in [0, 0.05) is 11.3 Å². The lowest BCUT2D eigenvalue weighted by molar-refractivity contribution is -0.137. The smallest absolute Gasteiger partial charge is 0.417 e. The van der Waals surface area contributed by atoms with E-state index in [0.29, 0.717) is 11.4 Å². The van der Waals surface area contributed by atoms with Crippen LogP contribution in [0.5, 0.6) is 0 Å². The highest BCUT2D eigenvalue weighted by Crippen LogP contribution is 2.36. The third-order valence-corrected chi connectivity index (χ3v) is 4.81. The van der Waals surface area contributed by atoms with E-state index in [1.807, 2.05) is 36.4 Å². The number of nitrogens with zero attached hydrogens (tertiary/aromatic N) is 1. The number of rotatable bonds is 4. The minimum absolute atomic E-state index is 0.0698. The number of amides is 1. The Kier molecular flexibility index (Phi) is 5.56. The number of fused-ring (bicyclic) bond motifs is 1. The number of alkyl halides is 3. The molecule has 0 saturated heterocycles. The zero-order chi connectivity index (χ0) is 22.0. The quantitative estimate of drug-likeness (QED) is 0.369. The van der Waals surface area contributed by atoms with Crippen molar-refractivity contribution in [2.45, 2.75) is 12.8 Å². The first-order chi connectivity index (χ1) is 14.8. The third kappa shape index (κ3) is 4.80. The van der Waals surface area contributed by atoms with Crippen LogP contribution in [0, 0.1) is 0 Å². The maximum Gasteiger partial charge on any atom is 0.417 e. The molecule has 0 aliphatic rings. The number of aromatic amines is 1. The molecule has 0 saturated carbocycles. The van der Waals surface area contributed by atoms with Crippen molar-refractivity contribution in [1.82, 2.24) is 9.97 Å². The number of nitrogens with one attached hydrogen (secondary N) is 2. The van der Waals surface area contributed by atoms with E-state index in [0.717, 1.165) is 28.7 Å². The molecule has 5 nitrogen and oxygen atoms in total. The van der Waals surface area contributed by atoms with Gasteiger partial charge >= 0.3 is 12.3 Å². The molecule has 0 radical (unpaired) electrons. The first kappa shape index (κ1) is 20.7. The molecule has 1 aromatic heterocycles. The van der Waals surface area contributed by atoms with Gasteiger partial charge in [-0.3, -0.25) is 5.32 Å². The average molecular weight is 446 g/mol. The molecule has 0 atom stereocenters. The molecule has 0 aliphatic carbocycles. The van der Waals surface area contributed by atoms with E-state index in [9.17, 15) is 18.0 Å². The number of benzene rings is 3. The van der Waals surface area contributed by atoms with Gasteiger partial charge in [0.15, 0.2) is 0 Å². The van der Waals surface area contributed by atoms with Crippen molar-refractivity contribution in [3.05, 3.63) is 82.9 Å². The number of aromatic nitrogens is 2. The fraction of sp³-hybridized carbons (Fsp3) is 0.0909. The molecule has 1 heterocycles. The van der Waals surface area contributed by atoms with Gasteiger partial charge in [-0.25, -0.2) is 9.78 Å². The molecule has 0 aliphatic heterocycles. The predicted octanol–water partition coefficient (Wildman–Crippen LogP) is 6.65. The standard InChI is InChI=1S/C22H15ClF3N3O2/c23-17-9-8-15(11-16(17)22(24,25)26)27-21(30)31-12-13-4-3-5-14(10-13)20-28-18-6-1-2-7-19(18)29-20/h1-11H,12H2,(H,27,30)(H,28,29). The molecular formula is C22H15ClF3N3O2. The molecule has 0 unspecified atom stereocenters. The van der Waals surface area contributed by atoms with E-state index in [1.54, 1.807) is 12.1 Å². The Morgan fingerprint density at radius 2 is 1.87 bits per heavy atom. The van der Waals surface area contributed by atoms with Crippen molar-refractivity contribution in [1.29, 1.82) is 0 Å². The molecule has 2 N–H and O–H groups in total. The minimum atomic E-state index is -4.63. The summed E-state index contributed by atoms with van der Waals surface area (Å²) in [4.78, 5) is 19.8. The summed E-state index contributed by atoms with van der Waals surface area (Å²) in [6.07, 6.45) is -5.51. The number of ether oxygens (including phenoxy) is 1. The van der Waals surface area contributed by atoms with E-state index < -0.39 is 22.9 Å². The summed E-state index contributed by atoms with van der Waals surface area (Å²) < 4.78 is 44.0. The number of carbonyl (C=O) groups is 1. The second-order valence-electron chi connectivity index (χ2n) is 6.70. The predicted molar refractivity (Wildman–Crippen MR) is 112 cm³/mol. The molecule has 9 heteroatoms. The van der Waals surface area contributed by atoms with Crippen molar-refractivity contribution >= 4 is 34.4 Å². The molecule has 3 aromatic carbocycles. The van der Waals surface area contributed by atoms with Crippen LogP contribution in [0.3, 0.4) is 0 Å². The lowest BCUT2D eigenvalue weighted by Gasteiger charge is -2.12. The Morgan fingerprint density at radius 3 is 2.65 bits per heavy atom. The van der Waals surface area contributed by atoms with Crippen LogP contribution in [0.1, 0.15) is 11.1 Å². The molecule has 158 valence electrons. The molecule has 0 spiro atoms. The summed E-state index contributed by atoms with van der Waals surface area (Å²) in [5.74, 6) is 0.674. The van der Waals surface area contributed by atoms with Crippen molar-refractivity contribution < 1.29 is 22.7 Å². The van der Waals surface area contributed by atoms with Crippen LogP contribution in [-0.2, 0) is 17.5 Å². The number of anilines is 1. The van der Waals surface area contributed by atoms with Gasteiger partial charge in [0.2, 0.25) is 0 Å². The van der Waals surface area contributed by atoms with Crippen LogP contribution in [0.25, 0.3) is 22.4 Å². The fourth-order valence-electron chi connectivity index (χ4n) is 3.02. The first-order valence-electron chi connectivity index (χ1n) is 9.14. The maximum absolute atomic E-state index is 12.9. The molecule has 0 fully saturated rings. The van der Waals surface area contributed by atoms with E-state index in [1.165, 1.54) is 6.07 Å². The average Bonchev–Trinajstić information content (AvgIpc) is 3.17. The zero-order valence-corrected chi connectivity index (χ0v) is 16.6. The van der Waals surface area contributed by atoms with Gasteiger partial charge in [-0.2, -0.15) is 13.2 Å². The topological polar surface area (TPSA) is 67.0 Å². The lowest BCUT2D eigenvalue weighted by Crippen LogP contribution is -2.14. The van der Waals surface area contributed by atoms with Crippen LogP contribution in [0.2, 0.25) is 5.02 Å². The number of hydrogen-bond donors (Lipinski definition) is 2. The van der Waals surface area contributed by atoms with E-state index in [-0.39, 0.29) is 12.3 Å². The number of H-pyrrole nitrogens is 1. The van der Waals surface area contributed by atoms with Crippen molar-refractivity contribution in [2.24, 2.45) is 0 Å². The van der Waals surface area contributed by atoms with Crippen LogP contribution >= 0.6 is 11.6 Å². The van der Waals surface area contributed by atoms with E-state index in [2.05, 4.69) is 15.3 Å². The summed E-state index contributed by atoms with van der Waals surface area (Å²) in [6.45, 7) is -0.0698. The Hall–Kier alpha value is -3.52. The molecule has 4 aromatic rings. The van der Waals surface area contributed by atoms with Gasteiger partial charge in [0.05, 0.1) is 21.6 Å². The van der Waals surface area contributed by atoms with Crippen molar-refractivity contribution in [3.8, 4) is 11.4 Å². The summed E-state index contributed by atoms with van der Waals surface area (Å²) in [7, 11) is 0. The minimum Gasteiger partial charge on any atom is -0.444 e. The second kappa shape index (κ2) is 8.31. The van der Waals surface area contributed by atoms with Gasteiger partial charge in [0.25, 0.3) is 0 Å². The fourth-order valence-corrected chi connectivity index (χ4v) is 3.25. The maximum atomic E-state index is 12.9. The number of imidazole rings is 1. The largest absolute Gasteiger partial charge is 0.444 e. The van der Waals surface area contributed by atoms with Gasteiger partial charge in [0.1, 0.15) is 12.4 Å². The second-order valence-corrected chi connectivity index (χ2v) is 7.10. The first-order valence-corrected chi connectivity index (χ1v) is 9.52. The molecule has 31 heavy (non-hydrogen) atoms. The highest BCUT2D eigenvalue weighted by Gasteiger charge is 2.33. The number of carbonyl (C=O) groups excluding carboxylic acids is 1. The number of para-hydroxylation sites is 2. The van der Waals surface area contributed by atoms with Crippen LogP contribution in [0.4, 0.5) is 23.7 Å². The van der Waals surface area contributed by atoms with Gasteiger partial charge < -0.3 is 9.72 Å². The molecule has 4 rings (SSSR count). The van der Waals surface area contributed by atoms with E-state index in [4.69, 9.17) is 16.3 Å². The molecular weight excluding hydrogens is 431 g/mol. The van der Waals surface area contributed by atoms with Crippen molar-refractivity contribution in [3.63, 3.8) is 0 Å². The Labute approximate surface area is 179 Å². The highest BCUT2D eigenvalue weighted by molar-refractivity contribution is 6.31. The van der Waals surface area contributed by atoms with Crippen molar-refractivity contribution in [2.75, 3.05) is 5.32 Å². The SMILES string of the molecule is O=C(Nc1ccc(Cl)c(C(F)(F)F)c1)OCc1cccc(-c2nc3ccccc3[nH]2)c1. The summed E-state index contributed by atoms with van der Waals surface area (Å²) in [5, 5.41) is 1.83.